The van der Waals surface area contributed by atoms with Crippen molar-refractivity contribution < 1.29 is 4.79 Å². The SMILES string of the molecule is CC(C)(C)C(CCBr)NC(=O)c1ccccc1Br. The van der Waals surface area contributed by atoms with Gasteiger partial charge in [-0.15, -0.1) is 0 Å². The number of alkyl halides is 1. The van der Waals surface area contributed by atoms with Gasteiger partial charge in [-0.05, 0) is 39.9 Å². The van der Waals surface area contributed by atoms with Crippen molar-refractivity contribution in [2.24, 2.45) is 5.41 Å². The molecule has 1 amide bonds. The van der Waals surface area contributed by atoms with Gasteiger partial charge in [-0.1, -0.05) is 48.8 Å². The maximum absolute atomic E-state index is 12.2. The summed E-state index contributed by atoms with van der Waals surface area (Å²) >= 11 is 6.85. The zero-order valence-electron chi connectivity index (χ0n) is 11.0. The summed E-state index contributed by atoms with van der Waals surface area (Å²) in [6.07, 6.45) is 0.916. The Labute approximate surface area is 126 Å². The lowest BCUT2D eigenvalue weighted by molar-refractivity contribution is 0.0900. The predicted molar refractivity (Wildman–Crippen MR) is 83.3 cm³/mol. The lowest BCUT2D eigenvalue weighted by Gasteiger charge is -2.31. The molecule has 1 aromatic carbocycles. The van der Waals surface area contributed by atoms with Crippen molar-refractivity contribution in [3.8, 4) is 0 Å². The fraction of sp³-hybridized carbons (Fsp3) is 0.500. The molecular formula is C14H19Br2NO. The molecule has 1 unspecified atom stereocenters. The van der Waals surface area contributed by atoms with Gasteiger partial charge in [0.05, 0.1) is 5.56 Å². The quantitative estimate of drug-likeness (QED) is 0.776. The Balaban J connectivity index is 2.82. The lowest BCUT2D eigenvalue weighted by Crippen LogP contribution is -2.44. The number of amides is 1. The molecule has 0 aliphatic heterocycles. The average molecular weight is 377 g/mol. The van der Waals surface area contributed by atoms with Gasteiger partial charge in [0, 0.05) is 15.8 Å². The Morgan fingerprint density at radius 2 is 1.94 bits per heavy atom. The summed E-state index contributed by atoms with van der Waals surface area (Å²) in [5.41, 5.74) is 0.728. The minimum atomic E-state index is -0.0247. The van der Waals surface area contributed by atoms with Crippen molar-refractivity contribution in [1.29, 1.82) is 0 Å². The zero-order valence-corrected chi connectivity index (χ0v) is 14.1. The van der Waals surface area contributed by atoms with Crippen LogP contribution in [-0.2, 0) is 0 Å². The molecule has 0 aliphatic carbocycles. The monoisotopic (exact) mass is 375 g/mol. The lowest BCUT2D eigenvalue weighted by atomic mass is 9.85. The highest BCUT2D eigenvalue weighted by molar-refractivity contribution is 9.10. The molecule has 18 heavy (non-hydrogen) atoms. The van der Waals surface area contributed by atoms with Crippen LogP contribution in [0.1, 0.15) is 37.6 Å². The van der Waals surface area contributed by atoms with E-state index in [0.29, 0.717) is 5.56 Å². The molecule has 0 aliphatic rings. The van der Waals surface area contributed by atoms with E-state index in [-0.39, 0.29) is 17.4 Å². The number of hydrogen-bond donors (Lipinski definition) is 1. The van der Waals surface area contributed by atoms with Crippen LogP contribution in [0.4, 0.5) is 0 Å². The minimum absolute atomic E-state index is 0.0247. The first-order chi connectivity index (χ1) is 8.36. The third-order valence-corrected chi connectivity index (χ3v) is 4.02. The van der Waals surface area contributed by atoms with Gasteiger partial charge in [0.15, 0.2) is 0 Å². The molecule has 0 spiro atoms. The van der Waals surface area contributed by atoms with E-state index in [1.165, 1.54) is 0 Å². The summed E-state index contributed by atoms with van der Waals surface area (Å²) < 4.78 is 0.828. The van der Waals surface area contributed by atoms with E-state index in [2.05, 4.69) is 57.9 Å². The zero-order chi connectivity index (χ0) is 13.8. The second-order valence-electron chi connectivity index (χ2n) is 5.35. The van der Waals surface area contributed by atoms with E-state index < -0.39 is 0 Å². The van der Waals surface area contributed by atoms with Crippen molar-refractivity contribution in [3.05, 3.63) is 34.3 Å². The van der Waals surface area contributed by atoms with Crippen LogP contribution in [0, 0.1) is 5.41 Å². The first-order valence-electron chi connectivity index (χ1n) is 5.97. The van der Waals surface area contributed by atoms with Crippen LogP contribution in [0.25, 0.3) is 0 Å². The Morgan fingerprint density at radius 3 is 2.44 bits per heavy atom. The fourth-order valence-electron chi connectivity index (χ4n) is 1.71. The molecule has 1 rings (SSSR count). The van der Waals surface area contributed by atoms with Gasteiger partial charge in [-0.25, -0.2) is 0 Å². The van der Waals surface area contributed by atoms with Crippen LogP contribution in [0.2, 0.25) is 0 Å². The summed E-state index contributed by atoms with van der Waals surface area (Å²) in [6.45, 7) is 6.42. The van der Waals surface area contributed by atoms with Crippen molar-refractivity contribution in [2.45, 2.75) is 33.2 Å². The van der Waals surface area contributed by atoms with Crippen molar-refractivity contribution >= 4 is 37.8 Å². The normalized spacial score (nSPS) is 13.2. The van der Waals surface area contributed by atoms with Crippen LogP contribution in [0.5, 0.6) is 0 Å². The number of nitrogens with one attached hydrogen (secondary N) is 1. The first kappa shape index (κ1) is 15.7. The Hall–Kier alpha value is -0.350. The highest BCUT2D eigenvalue weighted by atomic mass is 79.9. The molecule has 0 bridgehead atoms. The molecule has 1 aromatic rings. The topological polar surface area (TPSA) is 29.1 Å². The van der Waals surface area contributed by atoms with E-state index in [1.54, 1.807) is 0 Å². The molecule has 0 saturated heterocycles. The molecule has 0 fully saturated rings. The van der Waals surface area contributed by atoms with Crippen LogP contribution in [0.15, 0.2) is 28.7 Å². The summed E-state index contributed by atoms with van der Waals surface area (Å²) in [7, 11) is 0. The highest BCUT2D eigenvalue weighted by Gasteiger charge is 2.26. The van der Waals surface area contributed by atoms with Gasteiger partial charge in [-0.2, -0.15) is 0 Å². The number of halogens is 2. The third kappa shape index (κ3) is 4.39. The number of carbonyl (C=O) groups is 1. The molecule has 0 saturated carbocycles. The molecule has 4 heteroatoms. The van der Waals surface area contributed by atoms with Crippen LogP contribution in [0.3, 0.4) is 0 Å². The van der Waals surface area contributed by atoms with E-state index in [1.807, 2.05) is 24.3 Å². The Bertz CT molecular complexity index is 413. The van der Waals surface area contributed by atoms with Crippen LogP contribution >= 0.6 is 31.9 Å². The minimum Gasteiger partial charge on any atom is -0.349 e. The summed E-state index contributed by atoms with van der Waals surface area (Å²) in [4.78, 5) is 12.2. The number of rotatable bonds is 4. The van der Waals surface area contributed by atoms with Gasteiger partial charge >= 0.3 is 0 Å². The van der Waals surface area contributed by atoms with Crippen molar-refractivity contribution in [1.82, 2.24) is 5.32 Å². The molecule has 0 radical (unpaired) electrons. The summed E-state index contributed by atoms with van der Waals surface area (Å²) in [5.74, 6) is -0.0247. The number of benzene rings is 1. The maximum Gasteiger partial charge on any atom is 0.252 e. The summed E-state index contributed by atoms with van der Waals surface area (Å²) in [5, 5.41) is 4.00. The van der Waals surface area contributed by atoms with Gasteiger partial charge in [0.1, 0.15) is 0 Å². The van der Waals surface area contributed by atoms with Gasteiger partial charge in [0.25, 0.3) is 5.91 Å². The number of hydrogen-bond acceptors (Lipinski definition) is 1. The molecule has 1 atom stereocenters. The summed E-state index contributed by atoms with van der Waals surface area (Å²) in [6, 6.07) is 7.63. The standard InChI is InChI=1S/C14H19Br2NO/c1-14(2,3)12(8-9-15)17-13(18)10-6-4-5-7-11(10)16/h4-7,12H,8-9H2,1-3H3,(H,17,18). The van der Waals surface area contributed by atoms with E-state index in [4.69, 9.17) is 0 Å². The molecule has 1 N–H and O–H groups in total. The van der Waals surface area contributed by atoms with Crippen LogP contribution < -0.4 is 5.32 Å². The van der Waals surface area contributed by atoms with Crippen LogP contribution in [-0.4, -0.2) is 17.3 Å². The van der Waals surface area contributed by atoms with Gasteiger partial charge < -0.3 is 5.32 Å². The Morgan fingerprint density at radius 1 is 1.33 bits per heavy atom. The van der Waals surface area contributed by atoms with Gasteiger partial charge in [-0.3, -0.25) is 4.79 Å². The molecular weight excluding hydrogens is 358 g/mol. The number of carbonyl (C=O) groups excluding carboxylic acids is 1. The largest absolute Gasteiger partial charge is 0.349 e. The first-order valence-corrected chi connectivity index (χ1v) is 7.89. The molecule has 0 heterocycles. The second-order valence-corrected chi connectivity index (χ2v) is 7.00. The second kappa shape index (κ2) is 6.71. The van der Waals surface area contributed by atoms with E-state index >= 15 is 0 Å². The predicted octanol–water partition coefficient (Wildman–Crippen LogP) is 4.38. The Kier molecular flexibility index (Phi) is 5.86. The third-order valence-electron chi connectivity index (χ3n) is 2.87. The van der Waals surface area contributed by atoms with Gasteiger partial charge in [0.2, 0.25) is 0 Å². The molecule has 100 valence electrons. The van der Waals surface area contributed by atoms with Crippen molar-refractivity contribution in [2.75, 3.05) is 5.33 Å². The van der Waals surface area contributed by atoms with Crippen molar-refractivity contribution in [3.63, 3.8) is 0 Å². The molecule has 2 nitrogen and oxygen atoms in total. The van der Waals surface area contributed by atoms with E-state index in [9.17, 15) is 4.79 Å². The fourth-order valence-corrected chi connectivity index (χ4v) is 2.63. The maximum atomic E-state index is 12.2. The van der Waals surface area contributed by atoms with E-state index in [0.717, 1.165) is 16.2 Å². The smallest absolute Gasteiger partial charge is 0.252 e. The molecule has 0 aromatic heterocycles. The highest BCUT2D eigenvalue weighted by Crippen LogP contribution is 2.24. The average Bonchev–Trinajstić information content (AvgIpc) is 2.27.